The summed E-state index contributed by atoms with van der Waals surface area (Å²) in [4.78, 5) is 33.6. The van der Waals surface area contributed by atoms with E-state index in [1.165, 1.54) is 23.8 Å². The van der Waals surface area contributed by atoms with Crippen molar-refractivity contribution in [3.05, 3.63) is 82.0 Å². The van der Waals surface area contributed by atoms with Crippen LogP contribution in [0.2, 0.25) is 0 Å². The molecule has 170 valence electrons. The van der Waals surface area contributed by atoms with Crippen molar-refractivity contribution in [1.82, 2.24) is 9.97 Å². The van der Waals surface area contributed by atoms with Crippen molar-refractivity contribution in [2.24, 2.45) is 0 Å². The monoisotopic (exact) mass is 470 g/mol. The molecule has 2 unspecified atom stereocenters. The van der Waals surface area contributed by atoms with Crippen LogP contribution in [0.25, 0.3) is 11.0 Å². The predicted molar refractivity (Wildman–Crippen MR) is 130 cm³/mol. The number of carbonyl (C=O) groups is 2. The summed E-state index contributed by atoms with van der Waals surface area (Å²) in [5.41, 5.74) is 4.61. The first kappa shape index (κ1) is 21.9. The Hall–Kier alpha value is -3.96. The van der Waals surface area contributed by atoms with Crippen LogP contribution in [0.3, 0.4) is 0 Å². The summed E-state index contributed by atoms with van der Waals surface area (Å²) in [6, 6.07) is 17.6. The maximum Gasteiger partial charge on any atom is 0.338 e. The number of H-pyrrole nitrogens is 1. The number of nitrogens with zero attached hydrogens (tertiary/aromatic N) is 2. The highest BCUT2D eigenvalue weighted by atomic mass is 32.1. The predicted octanol–water partition coefficient (Wildman–Crippen LogP) is 4.95. The number of rotatable bonds is 5. The third-order valence-corrected chi connectivity index (χ3v) is 7.36. The van der Waals surface area contributed by atoms with Crippen LogP contribution in [-0.2, 0) is 22.4 Å². The second-order valence-electron chi connectivity index (χ2n) is 8.34. The van der Waals surface area contributed by atoms with Gasteiger partial charge in [-0.3, -0.25) is 4.79 Å². The third kappa shape index (κ3) is 4.18. The van der Waals surface area contributed by atoms with Crippen molar-refractivity contribution in [3.63, 3.8) is 0 Å². The Kier molecular flexibility index (Phi) is 5.86. The molecule has 0 saturated carbocycles. The van der Waals surface area contributed by atoms with Crippen molar-refractivity contribution in [3.8, 4) is 6.07 Å². The second-order valence-corrected chi connectivity index (χ2v) is 9.45. The van der Waals surface area contributed by atoms with Gasteiger partial charge in [-0.1, -0.05) is 30.3 Å². The Morgan fingerprint density at radius 2 is 2.09 bits per heavy atom. The van der Waals surface area contributed by atoms with E-state index in [9.17, 15) is 14.9 Å². The molecule has 2 heterocycles. The fraction of sp³-hybridized carbons (Fsp3) is 0.231. The van der Waals surface area contributed by atoms with Gasteiger partial charge in [0, 0.05) is 4.88 Å². The van der Waals surface area contributed by atoms with Crippen molar-refractivity contribution in [2.75, 3.05) is 5.32 Å². The van der Waals surface area contributed by atoms with E-state index in [2.05, 4.69) is 33.5 Å². The topological polar surface area (TPSA) is 108 Å². The van der Waals surface area contributed by atoms with Gasteiger partial charge in [0.2, 0.25) is 0 Å². The maximum absolute atomic E-state index is 12.8. The quantitative estimate of drug-likeness (QED) is 0.401. The van der Waals surface area contributed by atoms with E-state index in [1.54, 1.807) is 24.5 Å². The van der Waals surface area contributed by atoms with Gasteiger partial charge < -0.3 is 15.0 Å². The average molecular weight is 471 g/mol. The second kappa shape index (κ2) is 9.12. The highest BCUT2D eigenvalue weighted by Crippen LogP contribution is 2.42. The molecule has 0 saturated heterocycles. The number of anilines is 1. The summed E-state index contributed by atoms with van der Waals surface area (Å²) >= 11 is 1.44. The minimum absolute atomic E-state index is 0.327. The molecule has 0 spiro atoms. The number of nitriles is 1. The Morgan fingerprint density at radius 1 is 1.26 bits per heavy atom. The zero-order valence-electron chi connectivity index (χ0n) is 18.5. The number of aromatic amines is 1. The summed E-state index contributed by atoms with van der Waals surface area (Å²) in [6.07, 6.45) is 3.13. The molecule has 1 amide bonds. The van der Waals surface area contributed by atoms with Gasteiger partial charge in [-0.25, -0.2) is 9.78 Å². The lowest BCUT2D eigenvalue weighted by Gasteiger charge is -2.22. The summed E-state index contributed by atoms with van der Waals surface area (Å²) in [7, 11) is 0. The van der Waals surface area contributed by atoms with Gasteiger partial charge in [0.05, 0.1) is 28.5 Å². The summed E-state index contributed by atoms with van der Waals surface area (Å²) in [6.45, 7) is 1.52. The number of ether oxygens (including phenoxy) is 1. The van der Waals surface area contributed by atoms with Gasteiger partial charge in [0.25, 0.3) is 5.91 Å². The van der Waals surface area contributed by atoms with E-state index < -0.39 is 18.0 Å². The average Bonchev–Trinajstić information content (AvgIpc) is 3.47. The van der Waals surface area contributed by atoms with E-state index in [0.29, 0.717) is 27.6 Å². The molecule has 0 fully saturated rings. The van der Waals surface area contributed by atoms with Crippen molar-refractivity contribution < 1.29 is 14.3 Å². The van der Waals surface area contributed by atoms with E-state index in [0.717, 1.165) is 35.2 Å². The van der Waals surface area contributed by atoms with Crippen LogP contribution in [-0.4, -0.2) is 27.9 Å². The molecule has 2 aromatic heterocycles. The number of benzene rings is 2. The van der Waals surface area contributed by atoms with Crippen molar-refractivity contribution in [2.45, 2.75) is 38.2 Å². The van der Waals surface area contributed by atoms with E-state index in [-0.39, 0.29) is 0 Å². The molecule has 0 aliphatic heterocycles. The van der Waals surface area contributed by atoms with Crippen LogP contribution >= 0.6 is 11.3 Å². The first-order chi connectivity index (χ1) is 16.5. The lowest BCUT2D eigenvalue weighted by molar-refractivity contribution is -0.123. The number of fused-ring (bicyclic) bond motifs is 2. The van der Waals surface area contributed by atoms with E-state index in [4.69, 9.17) is 4.74 Å². The largest absolute Gasteiger partial charge is 0.449 e. The van der Waals surface area contributed by atoms with Gasteiger partial charge >= 0.3 is 5.97 Å². The third-order valence-electron chi connectivity index (χ3n) is 6.19. The van der Waals surface area contributed by atoms with Crippen molar-refractivity contribution >= 4 is 39.2 Å². The molecule has 7 nitrogen and oxygen atoms in total. The zero-order valence-corrected chi connectivity index (χ0v) is 19.3. The minimum atomic E-state index is -1.02. The molecule has 34 heavy (non-hydrogen) atoms. The molecule has 5 rings (SSSR count). The molecule has 2 aromatic carbocycles. The van der Waals surface area contributed by atoms with Crippen LogP contribution in [0.4, 0.5) is 5.00 Å². The number of hydrogen-bond donors (Lipinski definition) is 2. The number of nitrogens with one attached hydrogen (secondary N) is 2. The molecular formula is C26H22N4O3S. The summed E-state index contributed by atoms with van der Waals surface area (Å²) in [5.74, 6) is -0.670. The van der Waals surface area contributed by atoms with E-state index in [1.807, 2.05) is 18.2 Å². The number of amides is 1. The minimum Gasteiger partial charge on any atom is -0.449 e. The van der Waals surface area contributed by atoms with Gasteiger partial charge in [-0.2, -0.15) is 5.26 Å². The molecule has 0 bridgehead atoms. The fourth-order valence-corrected chi connectivity index (χ4v) is 5.64. The molecule has 2 atom stereocenters. The number of hydrogen-bond acceptors (Lipinski definition) is 6. The number of thiophene rings is 1. The first-order valence-electron chi connectivity index (χ1n) is 11.1. The molecule has 0 radical (unpaired) electrons. The van der Waals surface area contributed by atoms with Crippen molar-refractivity contribution in [1.29, 1.82) is 5.26 Å². The zero-order chi connectivity index (χ0) is 23.7. The molecule has 2 N–H and O–H groups in total. The van der Waals surface area contributed by atoms with Crippen LogP contribution in [0.15, 0.2) is 54.9 Å². The van der Waals surface area contributed by atoms with Gasteiger partial charge in [0.1, 0.15) is 11.1 Å². The van der Waals surface area contributed by atoms with Crippen LogP contribution in [0, 0.1) is 11.3 Å². The van der Waals surface area contributed by atoms with Gasteiger partial charge in [0.15, 0.2) is 6.10 Å². The van der Waals surface area contributed by atoms with Crippen LogP contribution in [0.1, 0.15) is 51.2 Å². The van der Waals surface area contributed by atoms with Gasteiger partial charge in [-0.05, 0) is 61.4 Å². The highest BCUT2D eigenvalue weighted by Gasteiger charge is 2.28. The smallest absolute Gasteiger partial charge is 0.338 e. The molecule has 1 aliphatic carbocycles. The van der Waals surface area contributed by atoms with Crippen LogP contribution < -0.4 is 5.32 Å². The Balaban J connectivity index is 1.28. The summed E-state index contributed by atoms with van der Waals surface area (Å²) in [5, 5.41) is 13.1. The first-order valence-corrected chi connectivity index (χ1v) is 11.9. The molecule has 1 aliphatic rings. The van der Waals surface area contributed by atoms with Crippen LogP contribution in [0.5, 0.6) is 0 Å². The fourth-order valence-electron chi connectivity index (χ4n) is 4.36. The summed E-state index contributed by atoms with van der Waals surface area (Å²) < 4.78 is 5.38. The SMILES string of the molecule is CC(OC(=O)c1ccc2nc[nH]c2c1)C(=O)Nc1sc2c(c1C#N)CCC(c1ccccc1)C2. The Bertz CT molecular complexity index is 1420. The highest BCUT2D eigenvalue weighted by molar-refractivity contribution is 7.16. The maximum atomic E-state index is 12.8. The number of imidazole rings is 1. The molecular weight excluding hydrogens is 448 g/mol. The standard InChI is InChI=1S/C26H22N4O3S/c1-15(33-26(32)18-8-10-21-22(11-18)29-14-28-21)24(31)30-25-20(13-27)19-9-7-17(12-23(19)34-25)16-5-3-2-4-6-16/h2-6,8,10-11,14-15,17H,7,9,12H2,1H3,(H,28,29)(H,30,31). The van der Waals surface area contributed by atoms with E-state index >= 15 is 0 Å². The number of carbonyl (C=O) groups excluding carboxylic acids is 2. The normalized spacial score (nSPS) is 15.8. The Morgan fingerprint density at radius 3 is 2.88 bits per heavy atom. The lowest BCUT2D eigenvalue weighted by atomic mass is 9.83. The Labute approximate surface area is 200 Å². The number of aromatic nitrogens is 2. The number of esters is 1. The lowest BCUT2D eigenvalue weighted by Crippen LogP contribution is -2.30. The molecule has 4 aromatic rings. The molecule has 8 heteroatoms. The van der Waals surface area contributed by atoms with Gasteiger partial charge in [-0.15, -0.1) is 11.3 Å².